The van der Waals surface area contributed by atoms with Crippen LogP contribution in [0.5, 0.6) is 0 Å². The van der Waals surface area contributed by atoms with Crippen molar-refractivity contribution in [3.05, 3.63) is 35.4 Å². The minimum absolute atomic E-state index is 0.112. The lowest BCUT2D eigenvalue weighted by atomic mass is 9.94. The van der Waals surface area contributed by atoms with Gasteiger partial charge in [0.05, 0.1) is 0 Å². The molecule has 1 amide bonds. The number of carbonyl (C=O) groups excluding carboxylic acids is 1. The van der Waals surface area contributed by atoms with Gasteiger partial charge in [0.1, 0.15) is 6.61 Å². The molecule has 1 fully saturated rings. The summed E-state index contributed by atoms with van der Waals surface area (Å²) < 4.78 is 0. The molecule has 0 radical (unpaired) electrons. The molecule has 1 heterocycles. The lowest BCUT2D eigenvalue weighted by Gasteiger charge is -2.31. The Kier molecular flexibility index (Phi) is 5.20. The molecule has 0 bridgehead atoms. The van der Waals surface area contributed by atoms with Gasteiger partial charge in [-0.2, -0.15) is 0 Å². The molecule has 0 atom stereocenters. The first kappa shape index (κ1) is 14.6. The van der Waals surface area contributed by atoms with E-state index in [9.17, 15) is 4.79 Å². The first-order valence-corrected chi connectivity index (χ1v) is 7.23. The molecule has 1 aliphatic rings. The highest BCUT2D eigenvalue weighted by atomic mass is 16.2. The largest absolute Gasteiger partial charge is 0.384 e. The minimum Gasteiger partial charge on any atom is -0.384 e. The number of carbonyl (C=O) groups is 1. The summed E-state index contributed by atoms with van der Waals surface area (Å²) in [6.07, 6.45) is 3.44. The van der Waals surface area contributed by atoms with Crippen molar-refractivity contribution in [3.63, 3.8) is 0 Å². The van der Waals surface area contributed by atoms with Crippen molar-refractivity contribution in [2.24, 2.45) is 5.92 Å². The topological polar surface area (TPSA) is 40.5 Å². The van der Waals surface area contributed by atoms with E-state index < -0.39 is 0 Å². The van der Waals surface area contributed by atoms with Crippen LogP contribution in [0, 0.1) is 17.8 Å². The molecule has 3 heteroatoms. The average Bonchev–Trinajstić information content (AvgIpc) is 2.53. The monoisotopic (exact) mass is 271 g/mol. The SMILES string of the molecule is CCC1CCN(C(=O)c2ccc(C#CCO)cc2)CC1. The van der Waals surface area contributed by atoms with Gasteiger partial charge in [-0.05, 0) is 43.0 Å². The molecular weight excluding hydrogens is 250 g/mol. The molecule has 0 aromatic heterocycles. The molecule has 1 saturated heterocycles. The molecule has 2 rings (SSSR count). The van der Waals surface area contributed by atoms with Crippen LogP contribution in [0.4, 0.5) is 0 Å². The van der Waals surface area contributed by atoms with Crippen LogP contribution in [0.25, 0.3) is 0 Å². The number of rotatable bonds is 2. The number of likely N-dealkylation sites (tertiary alicyclic amines) is 1. The van der Waals surface area contributed by atoms with Crippen molar-refractivity contribution in [1.29, 1.82) is 0 Å². The van der Waals surface area contributed by atoms with E-state index in [1.165, 1.54) is 6.42 Å². The van der Waals surface area contributed by atoms with Crippen LogP contribution in [0.15, 0.2) is 24.3 Å². The Hall–Kier alpha value is -1.79. The maximum Gasteiger partial charge on any atom is 0.253 e. The van der Waals surface area contributed by atoms with Gasteiger partial charge in [-0.3, -0.25) is 4.79 Å². The van der Waals surface area contributed by atoms with E-state index in [0.717, 1.165) is 43.0 Å². The van der Waals surface area contributed by atoms with E-state index in [-0.39, 0.29) is 12.5 Å². The van der Waals surface area contributed by atoms with Gasteiger partial charge in [-0.1, -0.05) is 25.2 Å². The fourth-order valence-electron chi connectivity index (χ4n) is 2.56. The third-order valence-corrected chi connectivity index (χ3v) is 3.92. The van der Waals surface area contributed by atoms with Crippen LogP contribution in [-0.4, -0.2) is 35.6 Å². The number of benzene rings is 1. The van der Waals surface area contributed by atoms with Gasteiger partial charge in [-0.25, -0.2) is 0 Å². The first-order chi connectivity index (χ1) is 9.74. The highest BCUT2D eigenvalue weighted by Gasteiger charge is 2.22. The minimum atomic E-state index is -0.146. The predicted octanol–water partition coefficient (Wildman–Crippen LogP) is 2.29. The number of aliphatic hydroxyl groups excluding tert-OH is 1. The number of piperidine rings is 1. The molecule has 1 aliphatic heterocycles. The third kappa shape index (κ3) is 3.61. The molecule has 3 nitrogen and oxygen atoms in total. The van der Waals surface area contributed by atoms with E-state index in [4.69, 9.17) is 5.11 Å². The zero-order valence-corrected chi connectivity index (χ0v) is 11.9. The van der Waals surface area contributed by atoms with Crippen LogP contribution in [-0.2, 0) is 0 Å². The molecule has 0 spiro atoms. The van der Waals surface area contributed by atoms with E-state index >= 15 is 0 Å². The third-order valence-electron chi connectivity index (χ3n) is 3.92. The number of amides is 1. The van der Waals surface area contributed by atoms with Crippen LogP contribution in [0.1, 0.15) is 42.1 Å². The Bertz CT molecular complexity index is 502. The Morgan fingerprint density at radius 1 is 1.30 bits per heavy atom. The summed E-state index contributed by atoms with van der Waals surface area (Å²) in [6, 6.07) is 7.29. The Labute approximate surface area is 120 Å². The second-order valence-corrected chi connectivity index (χ2v) is 5.18. The number of hydrogen-bond donors (Lipinski definition) is 1. The molecular formula is C17H21NO2. The van der Waals surface area contributed by atoms with Gasteiger partial charge in [0.25, 0.3) is 5.91 Å². The van der Waals surface area contributed by atoms with Crippen molar-refractivity contribution >= 4 is 5.91 Å². The van der Waals surface area contributed by atoms with Crippen molar-refractivity contribution in [1.82, 2.24) is 4.90 Å². The summed E-state index contributed by atoms with van der Waals surface area (Å²) in [6.45, 7) is 3.80. The normalized spacial score (nSPS) is 15.6. The average molecular weight is 271 g/mol. The van der Waals surface area contributed by atoms with E-state index in [2.05, 4.69) is 18.8 Å². The van der Waals surface area contributed by atoms with Crippen molar-refractivity contribution < 1.29 is 9.90 Å². The Morgan fingerprint density at radius 3 is 2.50 bits per heavy atom. The van der Waals surface area contributed by atoms with Gasteiger partial charge in [-0.15, -0.1) is 0 Å². The van der Waals surface area contributed by atoms with Crippen molar-refractivity contribution in [2.45, 2.75) is 26.2 Å². The fourth-order valence-corrected chi connectivity index (χ4v) is 2.56. The van der Waals surface area contributed by atoms with Gasteiger partial charge in [0, 0.05) is 24.2 Å². The summed E-state index contributed by atoms with van der Waals surface area (Å²) in [5.74, 6) is 6.31. The molecule has 0 saturated carbocycles. The smallest absolute Gasteiger partial charge is 0.253 e. The summed E-state index contributed by atoms with van der Waals surface area (Å²) in [5, 5.41) is 8.65. The van der Waals surface area contributed by atoms with E-state index in [1.54, 1.807) is 0 Å². The maximum atomic E-state index is 12.4. The summed E-state index contributed by atoms with van der Waals surface area (Å²) in [5.41, 5.74) is 1.54. The second kappa shape index (κ2) is 7.12. The van der Waals surface area contributed by atoms with Gasteiger partial charge in [0.2, 0.25) is 0 Å². The highest BCUT2D eigenvalue weighted by molar-refractivity contribution is 5.94. The number of aliphatic hydroxyl groups is 1. The molecule has 1 aromatic rings. The molecule has 0 unspecified atom stereocenters. The summed E-state index contributed by atoms with van der Waals surface area (Å²) in [7, 11) is 0. The van der Waals surface area contributed by atoms with Crippen molar-refractivity contribution in [3.8, 4) is 11.8 Å². The second-order valence-electron chi connectivity index (χ2n) is 5.18. The quantitative estimate of drug-likeness (QED) is 0.838. The first-order valence-electron chi connectivity index (χ1n) is 7.23. The zero-order chi connectivity index (χ0) is 14.4. The number of hydrogen-bond acceptors (Lipinski definition) is 2. The van der Waals surface area contributed by atoms with Crippen LogP contribution >= 0.6 is 0 Å². The number of nitrogens with zero attached hydrogens (tertiary/aromatic N) is 1. The van der Waals surface area contributed by atoms with Crippen LogP contribution in [0.2, 0.25) is 0 Å². The molecule has 1 aromatic carbocycles. The standard InChI is InChI=1S/C17H21NO2/c1-2-14-9-11-18(12-10-14)17(20)16-7-5-15(6-8-16)4-3-13-19/h5-8,14,19H,2,9-13H2,1H3. The van der Waals surface area contributed by atoms with Gasteiger partial charge < -0.3 is 10.0 Å². The maximum absolute atomic E-state index is 12.4. The predicted molar refractivity (Wildman–Crippen MR) is 79.3 cm³/mol. The van der Waals surface area contributed by atoms with Crippen LogP contribution < -0.4 is 0 Å². The van der Waals surface area contributed by atoms with Gasteiger partial charge >= 0.3 is 0 Å². The summed E-state index contributed by atoms with van der Waals surface area (Å²) in [4.78, 5) is 14.3. The fraction of sp³-hybridized carbons (Fsp3) is 0.471. The molecule has 0 aliphatic carbocycles. The lowest BCUT2D eigenvalue weighted by molar-refractivity contribution is 0.0689. The Balaban J connectivity index is 1.99. The van der Waals surface area contributed by atoms with Crippen molar-refractivity contribution in [2.75, 3.05) is 19.7 Å². The van der Waals surface area contributed by atoms with E-state index in [0.29, 0.717) is 0 Å². The van der Waals surface area contributed by atoms with E-state index in [1.807, 2.05) is 29.2 Å². The lowest BCUT2D eigenvalue weighted by Crippen LogP contribution is -2.38. The molecule has 1 N–H and O–H groups in total. The Morgan fingerprint density at radius 2 is 1.95 bits per heavy atom. The zero-order valence-electron chi connectivity index (χ0n) is 11.9. The molecule has 20 heavy (non-hydrogen) atoms. The summed E-state index contributed by atoms with van der Waals surface area (Å²) >= 11 is 0. The van der Waals surface area contributed by atoms with Gasteiger partial charge in [0.15, 0.2) is 0 Å². The molecule has 106 valence electrons. The van der Waals surface area contributed by atoms with Crippen LogP contribution in [0.3, 0.4) is 0 Å². The highest BCUT2D eigenvalue weighted by Crippen LogP contribution is 2.21.